The van der Waals surface area contributed by atoms with Crippen molar-refractivity contribution in [3.63, 3.8) is 0 Å². The second-order valence-corrected chi connectivity index (χ2v) is 9.81. The molecule has 6 nitrogen and oxygen atoms in total. The summed E-state index contributed by atoms with van der Waals surface area (Å²) in [6.45, 7) is 0. The minimum Gasteiger partial charge on any atom is -0.481 e. The molecule has 6 aliphatic carbocycles. The molecule has 7 rings (SSSR count). The lowest BCUT2D eigenvalue weighted by molar-refractivity contribution is -0.232. The Hall–Kier alpha value is -1.59. The molecule has 140 valence electrons. The fourth-order valence-electron chi connectivity index (χ4n) is 8.05. The lowest BCUT2D eigenvalue weighted by atomic mass is 9.52. The van der Waals surface area contributed by atoms with Crippen LogP contribution in [-0.2, 0) is 23.9 Å². The second kappa shape index (κ2) is 4.82. The van der Waals surface area contributed by atoms with E-state index in [1.807, 2.05) is 0 Å². The van der Waals surface area contributed by atoms with Crippen LogP contribution in [0.4, 0.5) is 0 Å². The first-order valence-corrected chi connectivity index (χ1v) is 10.1. The summed E-state index contributed by atoms with van der Waals surface area (Å²) < 4.78 is 11.5. The smallest absolute Gasteiger partial charge is 0.313 e. The number of carbonyl (C=O) groups excluding carboxylic acids is 2. The van der Waals surface area contributed by atoms with Crippen LogP contribution in [0.3, 0.4) is 0 Å². The number of carboxylic acids is 1. The van der Waals surface area contributed by atoms with E-state index < -0.39 is 29.6 Å². The second-order valence-electron chi connectivity index (χ2n) is 9.81. The first kappa shape index (κ1) is 15.5. The van der Waals surface area contributed by atoms with Crippen molar-refractivity contribution in [3.05, 3.63) is 0 Å². The van der Waals surface area contributed by atoms with Crippen molar-refractivity contribution < 1.29 is 29.0 Å². The molecular weight excluding hydrogens is 336 g/mol. The Bertz CT molecular complexity index is 687. The van der Waals surface area contributed by atoms with Crippen LogP contribution in [0.25, 0.3) is 0 Å². The van der Waals surface area contributed by atoms with Crippen molar-refractivity contribution in [2.24, 2.45) is 53.3 Å². The van der Waals surface area contributed by atoms with Crippen molar-refractivity contribution in [1.29, 1.82) is 0 Å². The Morgan fingerprint density at radius 1 is 0.962 bits per heavy atom. The van der Waals surface area contributed by atoms with E-state index in [9.17, 15) is 19.5 Å². The van der Waals surface area contributed by atoms with Gasteiger partial charge in [-0.25, -0.2) is 0 Å². The van der Waals surface area contributed by atoms with Gasteiger partial charge in [0.05, 0.1) is 23.7 Å². The van der Waals surface area contributed by atoms with Gasteiger partial charge in [-0.05, 0) is 68.1 Å². The number of carbonyl (C=O) groups is 3. The molecule has 0 spiro atoms. The highest BCUT2D eigenvalue weighted by Gasteiger charge is 2.73. The Morgan fingerprint density at radius 3 is 2.23 bits per heavy atom. The predicted molar refractivity (Wildman–Crippen MR) is 86.3 cm³/mol. The summed E-state index contributed by atoms with van der Waals surface area (Å²) in [6.07, 6.45) is 6.84. The molecular formula is C20H24O6. The van der Waals surface area contributed by atoms with Gasteiger partial charge in [0.15, 0.2) is 0 Å². The third-order valence-corrected chi connectivity index (χ3v) is 8.60. The van der Waals surface area contributed by atoms with E-state index in [1.165, 1.54) is 6.42 Å². The molecule has 1 N–H and O–H groups in total. The largest absolute Gasteiger partial charge is 0.481 e. The summed E-state index contributed by atoms with van der Waals surface area (Å²) in [4.78, 5) is 37.0. The summed E-state index contributed by atoms with van der Waals surface area (Å²) in [6, 6.07) is 0. The average molecular weight is 360 g/mol. The topological polar surface area (TPSA) is 89.9 Å². The molecule has 0 radical (unpaired) electrons. The molecule has 1 aliphatic heterocycles. The van der Waals surface area contributed by atoms with Crippen LogP contribution >= 0.6 is 0 Å². The summed E-state index contributed by atoms with van der Waals surface area (Å²) in [5.74, 6) is -2.13. The third kappa shape index (κ3) is 1.81. The lowest BCUT2D eigenvalue weighted by Crippen LogP contribution is -2.51. The van der Waals surface area contributed by atoms with E-state index in [0.717, 1.165) is 37.5 Å². The SMILES string of the molecule is O=C(OC12CC3CC1C(C(=O)O2)C3C(=O)O)C1C2CC3CC(C2)CC1C3. The molecule has 0 aromatic carbocycles. The summed E-state index contributed by atoms with van der Waals surface area (Å²) in [7, 11) is 0. The number of hydrogen-bond donors (Lipinski definition) is 1. The Kier molecular flexibility index (Phi) is 2.86. The number of aliphatic carboxylic acids is 1. The van der Waals surface area contributed by atoms with Crippen LogP contribution in [0.15, 0.2) is 0 Å². The zero-order valence-electron chi connectivity index (χ0n) is 14.6. The Balaban J connectivity index is 1.25. The van der Waals surface area contributed by atoms with Gasteiger partial charge in [-0.3, -0.25) is 14.4 Å². The molecule has 7 fully saturated rings. The molecule has 26 heavy (non-hydrogen) atoms. The standard InChI is InChI=1S/C20H24O6/c21-17(22)15-12-6-13-16(15)19(24)26-20(13,7-12)25-18(23)14-10-2-8-1-9(4-10)5-11(14)3-8/h8-16H,1-7H2,(H,21,22). The van der Waals surface area contributed by atoms with Gasteiger partial charge in [0.2, 0.25) is 0 Å². The maximum atomic E-state index is 13.1. The van der Waals surface area contributed by atoms with Crippen molar-refractivity contribution in [3.8, 4) is 0 Å². The average Bonchev–Trinajstić information content (AvgIpc) is 3.12. The minimum absolute atomic E-state index is 0.0516. The van der Waals surface area contributed by atoms with Gasteiger partial charge >= 0.3 is 17.9 Å². The summed E-state index contributed by atoms with van der Waals surface area (Å²) in [5.41, 5.74) is 0. The maximum absolute atomic E-state index is 13.1. The fraction of sp³-hybridized carbons (Fsp3) is 0.850. The highest BCUT2D eigenvalue weighted by molar-refractivity contribution is 5.86. The Labute approximate surface area is 151 Å². The van der Waals surface area contributed by atoms with Crippen molar-refractivity contribution in [1.82, 2.24) is 0 Å². The van der Waals surface area contributed by atoms with Crippen molar-refractivity contribution in [2.75, 3.05) is 0 Å². The molecule has 0 amide bonds. The minimum atomic E-state index is -1.18. The summed E-state index contributed by atoms with van der Waals surface area (Å²) >= 11 is 0. The molecule has 5 atom stereocenters. The van der Waals surface area contributed by atoms with Crippen LogP contribution in [-0.4, -0.2) is 28.8 Å². The third-order valence-electron chi connectivity index (χ3n) is 8.60. The van der Waals surface area contributed by atoms with Gasteiger partial charge in [-0.2, -0.15) is 0 Å². The van der Waals surface area contributed by atoms with Crippen molar-refractivity contribution in [2.45, 2.75) is 50.7 Å². The number of fused-ring (bicyclic) bond motifs is 1. The van der Waals surface area contributed by atoms with Crippen LogP contribution in [0.5, 0.6) is 0 Å². The fourth-order valence-corrected chi connectivity index (χ4v) is 8.05. The van der Waals surface area contributed by atoms with E-state index in [1.54, 1.807) is 0 Å². The predicted octanol–water partition coefficient (Wildman–Crippen LogP) is 2.21. The summed E-state index contributed by atoms with van der Waals surface area (Å²) in [5, 5.41) is 9.47. The highest BCUT2D eigenvalue weighted by atomic mass is 16.7. The van der Waals surface area contributed by atoms with Crippen molar-refractivity contribution >= 4 is 17.9 Å². The number of ether oxygens (including phenoxy) is 2. The number of esters is 2. The molecule has 1 heterocycles. The monoisotopic (exact) mass is 360 g/mol. The first-order chi connectivity index (χ1) is 12.4. The number of carboxylic acid groups (broad SMARTS) is 1. The number of hydrogen-bond acceptors (Lipinski definition) is 5. The van der Waals surface area contributed by atoms with Gasteiger partial charge in [0, 0.05) is 6.42 Å². The molecule has 7 aliphatic rings. The van der Waals surface area contributed by atoms with Gasteiger partial charge < -0.3 is 14.6 Å². The molecule has 0 aromatic rings. The highest BCUT2D eigenvalue weighted by Crippen LogP contribution is 2.64. The number of rotatable bonds is 3. The molecule has 0 aromatic heterocycles. The van der Waals surface area contributed by atoms with Crippen LogP contribution in [0, 0.1) is 53.3 Å². The molecule has 6 heteroatoms. The lowest BCUT2D eigenvalue weighted by Gasteiger charge is -2.53. The normalized spacial score (nSPS) is 55.2. The van der Waals surface area contributed by atoms with Gasteiger partial charge in [-0.15, -0.1) is 0 Å². The van der Waals surface area contributed by atoms with E-state index in [2.05, 4.69) is 0 Å². The zero-order valence-corrected chi connectivity index (χ0v) is 14.6. The quantitative estimate of drug-likeness (QED) is 0.776. The Morgan fingerprint density at radius 2 is 1.62 bits per heavy atom. The first-order valence-electron chi connectivity index (χ1n) is 10.1. The van der Waals surface area contributed by atoms with Gasteiger partial charge in [0.25, 0.3) is 5.79 Å². The van der Waals surface area contributed by atoms with Gasteiger partial charge in [0.1, 0.15) is 0 Å². The maximum Gasteiger partial charge on any atom is 0.313 e. The van der Waals surface area contributed by atoms with Crippen LogP contribution in [0.2, 0.25) is 0 Å². The molecule has 6 saturated carbocycles. The van der Waals surface area contributed by atoms with E-state index in [0.29, 0.717) is 24.7 Å². The molecule has 1 saturated heterocycles. The van der Waals surface area contributed by atoms with Crippen LogP contribution < -0.4 is 0 Å². The van der Waals surface area contributed by atoms with Gasteiger partial charge in [-0.1, -0.05) is 0 Å². The molecule has 6 bridgehead atoms. The van der Waals surface area contributed by atoms with E-state index in [4.69, 9.17) is 9.47 Å². The molecule has 5 unspecified atom stereocenters. The van der Waals surface area contributed by atoms with Crippen LogP contribution in [0.1, 0.15) is 44.9 Å². The van der Waals surface area contributed by atoms with E-state index in [-0.39, 0.29) is 23.7 Å². The van der Waals surface area contributed by atoms with E-state index >= 15 is 0 Å². The zero-order chi connectivity index (χ0) is 17.8.